The molecule has 0 bridgehead atoms. The largest absolute Gasteiger partial charge is 0.312 e. The van der Waals surface area contributed by atoms with E-state index in [0.717, 1.165) is 24.5 Å². The summed E-state index contributed by atoms with van der Waals surface area (Å²) in [5.74, 6) is 1.52. The van der Waals surface area contributed by atoms with Crippen molar-refractivity contribution in [3.63, 3.8) is 0 Å². The van der Waals surface area contributed by atoms with Gasteiger partial charge in [-0.1, -0.05) is 13.8 Å². The smallest absolute Gasteiger partial charge is 0.145 e. The Hall–Kier alpha value is -1.75. The van der Waals surface area contributed by atoms with Gasteiger partial charge in [0.25, 0.3) is 0 Å². The topological polar surface area (TPSA) is 55.6 Å². The van der Waals surface area contributed by atoms with E-state index in [9.17, 15) is 0 Å². The second-order valence-corrected chi connectivity index (χ2v) is 4.37. The van der Waals surface area contributed by atoms with E-state index in [1.807, 2.05) is 17.0 Å². The van der Waals surface area contributed by atoms with Crippen molar-refractivity contribution in [2.45, 2.75) is 20.4 Å². The zero-order chi connectivity index (χ0) is 12.1. The molecule has 0 saturated heterocycles. The molecule has 0 saturated carbocycles. The Balaban J connectivity index is 2.11. The third kappa shape index (κ3) is 3.10. The minimum absolute atomic E-state index is 0.635. The molecule has 2 heterocycles. The maximum Gasteiger partial charge on any atom is 0.145 e. The highest BCUT2D eigenvalue weighted by Gasteiger charge is 2.05. The molecule has 90 valence electrons. The van der Waals surface area contributed by atoms with Crippen LogP contribution in [0.3, 0.4) is 0 Å². The van der Waals surface area contributed by atoms with Crippen LogP contribution in [0.2, 0.25) is 0 Å². The van der Waals surface area contributed by atoms with Crippen molar-refractivity contribution in [3.05, 3.63) is 36.8 Å². The van der Waals surface area contributed by atoms with Crippen molar-refractivity contribution in [1.82, 2.24) is 24.8 Å². The summed E-state index contributed by atoms with van der Waals surface area (Å²) in [4.78, 5) is 12.4. The van der Waals surface area contributed by atoms with Crippen LogP contribution in [0.1, 0.15) is 19.4 Å². The summed E-state index contributed by atoms with van der Waals surface area (Å²) in [6, 6.07) is 0. The molecule has 2 rings (SSSR count). The van der Waals surface area contributed by atoms with E-state index < -0.39 is 0 Å². The minimum Gasteiger partial charge on any atom is -0.312 e. The Morgan fingerprint density at radius 1 is 1.35 bits per heavy atom. The van der Waals surface area contributed by atoms with Gasteiger partial charge in [-0.3, -0.25) is 4.57 Å². The first-order chi connectivity index (χ1) is 8.27. The number of hydrogen-bond acceptors (Lipinski definition) is 4. The Morgan fingerprint density at radius 2 is 2.24 bits per heavy atom. The van der Waals surface area contributed by atoms with Crippen LogP contribution in [0.4, 0.5) is 0 Å². The average Bonchev–Trinajstić information content (AvgIpc) is 2.82. The zero-order valence-corrected chi connectivity index (χ0v) is 10.2. The fraction of sp³-hybridized carbons (Fsp3) is 0.417. The molecule has 0 radical (unpaired) electrons. The lowest BCUT2D eigenvalue weighted by Gasteiger charge is -2.10. The van der Waals surface area contributed by atoms with Gasteiger partial charge in [0, 0.05) is 30.7 Å². The number of rotatable bonds is 5. The van der Waals surface area contributed by atoms with Crippen LogP contribution in [-0.4, -0.2) is 26.1 Å². The Bertz CT molecular complexity index is 450. The highest BCUT2D eigenvalue weighted by Crippen LogP contribution is 2.09. The van der Waals surface area contributed by atoms with Crippen LogP contribution in [0.5, 0.6) is 0 Å². The van der Waals surface area contributed by atoms with E-state index in [0.29, 0.717) is 5.92 Å². The summed E-state index contributed by atoms with van der Waals surface area (Å²) >= 11 is 0. The number of nitrogens with one attached hydrogen (secondary N) is 1. The summed E-state index contributed by atoms with van der Waals surface area (Å²) < 4.78 is 1.90. The lowest BCUT2D eigenvalue weighted by molar-refractivity contribution is 0.550. The van der Waals surface area contributed by atoms with Gasteiger partial charge in [0.2, 0.25) is 0 Å². The van der Waals surface area contributed by atoms with Crippen LogP contribution in [0.25, 0.3) is 5.82 Å². The van der Waals surface area contributed by atoms with Gasteiger partial charge in [0.1, 0.15) is 18.5 Å². The second-order valence-electron chi connectivity index (χ2n) is 4.37. The van der Waals surface area contributed by atoms with E-state index in [2.05, 4.69) is 34.1 Å². The van der Waals surface area contributed by atoms with Crippen LogP contribution >= 0.6 is 0 Å². The highest BCUT2D eigenvalue weighted by atomic mass is 15.1. The third-order valence-corrected chi connectivity index (χ3v) is 2.38. The van der Waals surface area contributed by atoms with E-state index >= 15 is 0 Å². The van der Waals surface area contributed by atoms with E-state index in [4.69, 9.17) is 0 Å². The molecule has 0 spiro atoms. The van der Waals surface area contributed by atoms with Gasteiger partial charge >= 0.3 is 0 Å². The molecular weight excluding hydrogens is 214 g/mol. The summed E-state index contributed by atoms with van der Waals surface area (Å²) in [6.45, 7) is 6.13. The van der Waals surface area contributed by atoms with Crippen molar-refractivity contribution >= 4 is 0 Å². The summed E-state index contributed by atoms with van der Waals surface area (Å²) in [5, 5.41) is 3.39. The zero-order valence-electron chi connectivity index (χ0n) is 10.2. The predicted octanol–water partition coefficient (Wildman–Crippen LogP) is 1.41. The van der Waals surface area contributed by atoms with Gasteiger partial charge < -0.3 is 5.32 Å². The van der Waals surface area contributed by atoms with E-state index in [1.165, 1.54) is 0 Å². The number of imidazole rings is 1. The molecule has 0 fully saturated rings. The van der Waals surface area contributed by atoms with Gasteiger partial charge in [-0.2, -0.15) is 0 Å². The highest BCUT2D eigenvalue weighted by molar-refractivity contribution is 5.30. The van der Waals surface area contributed by atoms with Crippen LogP contribution in [0.15, 0.2) is 31.2 Å². The number of hydrogen-bond donors (Lipinski definition) is 1. The molecule has 2 aromatic rings. The van der Waals surface area contributed by atoms with Crippen molar-refractivity contribution in [2.24, 2.45) is 5.92 Å². The average molecular weight is 231 g/mol. The number of aromatic nitrogens is 4. The quantitative estimate of drug-likeness (QED) is 0.845. The SMILES string of the molecule is CC(C)CNCc1cncnc1-n1ccnc1. The first kappa shape index (κ1) is 11.7. The molecule has 0 aliphatic heterocycles. The fourth-order valence-corrected chi connectivity index (χ4v) is 1.59. The molecule has 0 amide bonds. The molecule has 0 aliphatic rings. The van der Waals surface area contributed by atoms with E-state index in [1.54, 1.807) is 18.9 Å². The monoisotopic (exact) mass is 231 g/mol. The van der Waals surface area contributed by atoms with Gasteiger partial charge in [0.05, 0.1) is 0 Å². The van der Waals surface area contributed by atoms with Gasteiger partial charge in [0.15, 0.2) is 0 Å². The molecule has 1 N–H and O–H groups in total. The maximum atomic E-state index is 4.29. The standard InChI is InChI=1S/C12H17N5/c1-10(2)5-14-6-11-7-15-8-16-12(11)17-4-3-13-9-17/h3-4,7-10,14H,5-6H2,1-2H3. The van der Waals surface area contributed by atoms with Gasteiger partial charge in [-0.15, -0.1) is 0 Å². The summed E-state index contributed by atoms with van der Waals surface area (Å²) in [6.07, 6.45) is 8.77. The lowest BCUT2D eigenvalue weighted by atomic mass is 10.2. The Labute approximate surface area is 101 Å². The van der Waals surface area contributed by atoms with Crippen molar-refractivity contribution in [1.29, 1.82) is 0 Å². The summed E-state index contributed by atoms with van der Waals surface area (Å²) in [7, 11) is 0. The predicted molar refractivity (Wildman–Crippen MR) is 65.7 cm³/mol. The molecule has 0 aromatic carbocycles. The van der Waals surface area contributed by atoms with Crippen molar-refractivity contribution in [2.75, 3.05) is 6.54 Å². The first-order valence-electron chi connectivity index (χ1n) is 5.75. The van der Waals surface area contributed by atoms with Gasteiger partial charge in [-0.25, -0.2) is 15.0 Å². The van der Waals surface area contributed by atoms with Crippen LogP contribution in [0, 0.1) is 5.92 Å². The second kappa shape index (κ2) is 5.54. The molecular formula is C12H17N5. The maximum absolute atomic E-state index is 4.29. The van der Waals surface area contributed by atoms with Gasteiger partial charge in [-0.05, 0) is 12.5 Å². The van der Waals surface area contributed by atoms with Crippen molar-refractivity contribution in [3.8, 4) is 5.82 Å². The summed E-state index contributed by atoms with van der Waals surface area (Å²) in [5.41, 5.74) is 1.08. The third-order valence-electron chi connectivity index (χ3n) is 2.38. The van der Waals surface area contributed by atoms with Crippen LogP contribution in [-0.2, 0) is 6.54 Å². The molecule has 0 atom stereocenters. The van der Waals surface area contributed by atoms with Crippen molar-refractivity contribution < 1.29 is 0 Å². The van der Waals surface area contributed by atoms with E-state index in [-0.39, 0.29) is 0 Å². The molecule has 5 heteroatoms. The molecule has 0 unspecified atom stereocenters. The molecule has 17 heavy (non-hydrogen) atoms. The lowest BCUT2D eigenvalue weighted by Crippen LogP contribution is -2.20. The number of nitrogens with zero attached hydrogens (tertiary/aromatic N) is 4. The molecule has 0 aliphatic carbocycles. The molecule has 5 nitrogen and oxygen atoms in total. The minimum atomic E-state index is 0.635. The van der Waals surface area contributed by atoms with Crippen LogP contribution < -0.4 is 5.32 Å². The Morgan fingerprint density at radius 3 is 2.94 bits per heavy atom. The Kier molecular flexibility index (Phi) is 3.82. The molecule has 2 aromatic heterocycles. The fourth-order valence-electron chi connectivity index (χ4n) is 1.59. The normalized spacial score (nSPS) is 11.0. The first-order valence-corrected chi connectivity index (χ1v) is 5.75.